The number of rotatable bonds is 6. The lowest BCUT2D eigenvalue weighted by atomic mass is 9.70. The quantitative estimate of drug-likeness (QED) is 0.672. The van der Waals surface area contributed by atoms with Crippen molar-refractivity contribution in [3.63, 3.8) is 0 Å². The minimum Gasteiger partial charge on any atom is -0.348 e. The van der Waals surface area contributed by atoms with Crippen LogP contribution >= 0.6 is 0 Å². The molecular weight excluding hydrogens is 442 g/mol. The molecular formula is C23H35N5O4S. The van der Waals surface area contributed by atoms with E-state index < -0.39 is 15.4 Å². The normalized spacial score (nSPS) is 30.8. The van der Waals surface area contributed by atoms with Gasteiger partial charge in [-0.25, -0.2) is 17.4 Å². The predicted octanol–water partition coefficient (Wildman–Crippen LogP) is 2.31. The van der Waals surface area contributed by atoms with Gasteiger partial charge in [0.25, 0.3) is 5.91 Å². The molecule has 3 saturated carbocycles. The third-order valence-corrected chi connectivity index (χ3v) is 11.2. The van der Waals surface area contributed by atoms with E-state index in [-0.39, 0.29) is 34.9 Å². The Morgan fingerprint density at radius 1 is 1.15 bits per heavy atom. The Bertz CT molecular complexity index is 1040. The van der Waals surface area contributed by atoms with Gasteiger partial charge in [0, 0.05) is 31.0 Å². The Labute approximate surface area is 195 Å². The summed E-state index contributed by atoms with van der Waals surface area (Å²) in [7, 11) is -3.54. The number of sulfonamides is 1. The first-order valence-corrected chi connectivity index (χ1v) is 14.0. The van der Waals surface area contributed by atoms with E-state index in [2.05, 4.69) is 29.5 Å². The van der Waals surface area contributed by atoms with Gasteiger partial charge in [0.1, 0.15) is 5.78 Å². The molecule has 0 unspecified atom stereocenters. The third kappa shape index (κ3) is 3.83. The molecule has 10 heteroatoms. The molecule has 0 radical (unpaired) electrons. The first-order chi connectivity index (χ1) is 15.6. The highest BCUT2D eigenvalue weighted by molar-refractivity contribution is 7.89. The number of carbonyl (C=O) groups excluding carboxylic acids is 2. The molecule has 1 amide bonds. The Morgan fingerprint density at radius 3 is 2.45 bits per heavy atom. The number of hydrogen-bond donors (Lipinski definition) is 1. The molecule has 182 valence electrons. The van der Waals surface area contributed by atoms with Crippen LogP contribution in [0.2, 0.25) is 0 Å². The molecule has 33 heavy (non-hydrogen) atoms. The van der Waals surface area contributed by atoms with E-state index in [0.29, 0.717) is 50.4 Å². The van der Waals surface area contributed by atoms with Gasteiger partial charge in [-0.15, -0.1) is 5.10 Å². The Kier molecular flexibility index (Phi) is 5.67. The topological polar surface area (TPSA) is 114 Å². The molecule has 2 atom stereocenters. The first kappa shape index (κ1) is 23.0. The van der Waals surface area contributed by atoms with Gasteiger partial charge >= 0.3 is 0 Å². The number of carbonyl (C=O) groups is 2. The van der Waals surface area contributed by atoms with E-state index in [1.165, 1.54) is 0 Å². The largest absolute Gasteiger partial charge is 0.348 e. The van der Waals surface area contributed by atoms with Gasteiger partial charge in [-0.1, -0.05) is 31.9 Å². The Balaban J connectivity index is 1.20. The van der Waals surface area contributed by atoms with E-state index in [0.717, 1.165) is 32.1 Å². The zero-order valence-electron chi connectivity index (χ0n) is 19.6. The molecule has 0 aromatic carbocycles. The van der Waals surface area contributed by atoms with Gasteiger partial charge in [-0.3, -0.25) is 9.59 Å². The summed E-state index contributed by atoms with van der Waals surface area (Å²) in [4.78, 5) is 25.2. The number of Topliss-reactive ketones (excluding diaryl/α,β-unsaturated/α-hetero) is 1. The molecule has 3 aliphatic carbocycles. The predicted molar refractivity (Wildman–Crippen MR) is 122 cm³/mol. The minimum absolute atomic E-state index is 0.00978. The second kappa shape index (κ2) is 8.15. The van der Waals surface area contributed by atoms with Gasteiger partial charge in [-0.05, 0) is 49.9 Å². The molecule has 1 aliphatic heterocycles. The summed E-state index contributed by atoms with van der Waals surface area (Å²) in [6.07, 6.45) is 9.36. The van der Waals surface area contributed by atoms with Crippen molar-refractivity contribution in [2.75, 3.05) is 18.8 Å². The lowest BCUT2D eigenvalue weighted by Crippen LogP contribution is -2.48. The van der Waals surface area contributed by atoms with Gasteiger partial charge in [-0.2, -0.15) is 0 Å². The maximum Gasteiger partial charge on any atom is 0.273 e. The van der Waals surface area contributed by atoms with Crippen LogP contribution in [0.25, 0.3) is 0 Å². The molecule has 1 saturated heterocycles. The summed E-state index contributed by atoms with van der Waals surface area (Å²) in [6.45, 7) is 4.93. The highest BCUT2D eigenvalue weighted by Crippen LogP contribution is 2.64. The molecule has 1 aromatic heterocycles. The van der Waals surface area contributed by atoms with Crippen LogP contribution in [0, 0.1) is 16.7 Å². The van der Waals surface area contributed by atoms with Crippen LogP contribution in [0.15, 0.2) is 6.20 Å². The molecule has 4 fully saturated rings. The molecule has 4 aliphatic rings. The van der Waals surface area contributed by atoms with Crippen LogP contribution in [0.3, 0.4) is 0 Å². The maximum atomic E-state index is 13.3. The number of fused-ring (bicyclic) bond motifs is 2. The number of piperidine rings is 1. The average molecular weight is 478 g/mol. The number of nitrogens with one attached hydrogen (secondary N) is 1. The highest BCUT2D eigenvalue weighted by Gasteiger charge is 2.65. The molecule has 2 bridgehead atoms. The van der Waals surface area contributed by atoms with Crippen LogP contribution < -0.4 is 5.32 Å². The summed E-state index contributed by atoms with van der Waals surface area (Å²) in [5.74, 6) is 0.180. The number of ketones is 1. The fraction of sp³-hybridized carbons (Fsp3) is 0.826. The van der Waals surface area contributed by atoms with Gasteiger partial charge in [0.15, 0.2) is 5.69 Å². The van der Waals surface area contributed by atoms with Crippen LogP contribution in [0.4, 0.5) is 0 Å². The van der Waals surface area contributed by atoms with Gasteiger partial charge < -0.3 is 5.32 Å². The molecule has 5 rings (SSSR count). The van der Waals surface area contributed by atoms with Crippen molar-refractivity contribution >= 4 is 21.7 Å². The van der Waals surface area contributed by atoms with Crippen LogP contribution in [0.1, 0.15) is 88.2 Å². The smallest absolute Gasteiger partial charge is 0.273 e. The van der Waals surface area contributed by atoms with Crippen molar-refractivity contribution in [1.29, 1.82) is 0 Å². The molecule has 1 aromatic rings. The fourth-order valence-corrected chi connectivity index (χ4v) is 9.03. The molecule has 0 spiro atoms. The minimum atomic E-state index is -3.54. The van der Waals surface area contributed by atoms with Gasteiger partial charge in [0.2, 0.25) is 10.0 Å². The average Bonchev–Trinajstić information content (AvgIpc) is 3.53. The van der Waals surface area contributed by atoms with E-state index in [4.69, 9.17) is 0 Å². The second-order valence-electron chi connectivity index (χ2n) is 11.1. The lowest BCUT2D eigenvalue weighted by Gasteiger charge is -2.39. The van der Waals surface area contributed by atoms with Gasteiger partial charge in [0.05, 0.1) is 18.0 Å². The number of amides is 1. The van der Waals surface area contributed by atoms with E-state index in [1.54, 1.807) is 15.2 Å². The van der Waals surface area contributed by atoms with Crippen LogP contribution in [0.5, 0.6) is 0 Å². The Morgan fingerprint density at radius 2 is 1.85 bits per heavy atom. The summed E-state index contributed by atoms with van der Waals surface area (Å²) < 4.78 is 29.9. The van der Waals surface area contributed by atoms with Crippen molar-refractivity contribution in [3.8, 4) is 0 Å². The lowest BCUT2D eigenvalue weighted by molar-refractivity contribution is -0.128. The SMILES string of the molecule is CC1(C)[C@@H]2CC[C@@]1(CS(=O)(=O)N1CCC(n3cc(C(=O)NC4CCCC4)nn3)CC1)C(=O)C2. The van der Waals surface area contributed by atoms with E-state index in [1.807, 2.05) is 0 Å². The zero-order chi connectivity index (χ0) is 23.4. The summed E-state index contributed by atoms with van der Waals surface area (Å²) in [6, 6.07) is 0.234. The van der Waals surface area contributed by atoms with Crippen LogP contribution in [-0.2, 0) is 14.8 Å². The van der Waals surface area contributed by atoms with Crippen molar-refractivity contribution in [2.24, 2.45) is 16.7 Å². The van der Waals surface area contributed by atoms with Crippen molar-refractivity contribution in [1.82, 2.24) is 24.6 Å². The standard InChI is InChI=1S/C23H35N5O4S/c1-22(2)16-7-10-23(22,20(29)13-16)15-33(31,32)27-11-8-18(9-12-27)28-14-19(25-26-28)21(30)24-17-5-3-4-6-17/h14,16-18H,3-13,15H2,1-2H3,(H,24,30)/t16-,23-/m1/s1. The maximum absolute atomic E-state index is 13.3. The number of hydrogen-bond acceptors (Lipinski definition) is 6. The van der Waals surface area contributed by atoms with E-state index >= 15 is 0 Å². The van der Waals surface area contributed by atoms with Crippen molar-refractivity contribution in [3.05, 3.63) is 11.9 Å². The summed E-state index contributed by atoms with van der Waals surface area (Å²) in [5, 5.41) is 11.2. The molecule has 9 nitrogen and oxygen atoms in total. The highest BCUT2D eigenvalue weighted by atomic mass is 32.2. The number of aromatic nitrogens is 3. The first-order valence-electron chi connectivity index (χ1n) is 12.4. The van der Waals surface area contributed by atoms with Crippen molar-refractivity contribution < 1.29 is 18.0 Å². The fourth-order valence-electron chi connectivity index (χ4n) is 6.78. The molecule has 2 heterocycles. The van der Waals surface area contributed by atoms with Crippen LogP contribution in [-0.4, -0.2) is 64.3 Å². The summed E-state index contributed by atoms with van der Waals surface area (Å²) >= 11 is 0. The Hall–Kier alpha value is -1.81. The number of nitrogens with zero attached hydrogens (tertiary/aromatic N) is 4. The summed E-state index contributed by atoms with van der Waals surface area (Å²) in [5.41, 5.74) is -0.680. The molecule has 1 N–H and O–H groups in total. The van der Waals surface area contributed by atoms with E-state index in [9.17, 15) is 18.0 Å². The third-order valence-electron chi connectivity index (χ3n) is 9.19. The zero-order valence-corrected chi connectivity index (χ0v) is 20.4. The van der Waals surface area contributed by atoms with Crippen molar-refractivity contribution in [2.45, 2.75) is 83.7 Å². The monoisotopic (exact) mass is 477 g/mol. The second-order valence-corrected chi connectivity index (χ2v) is 13.1.